The number of benzene rings is 2. The van der Waals surface area contributed by atoms with Crippen molar-refractivity contribution in [3.63, 3.8) is 0 Å². The van der Waals surface area contributed by atoms with Crippen LogP contribution in [-0.4, -0.2) is 72.5 Å². The molecule has 0 radical (unpaired) electrons. The zero-order valence-electron chi connectivity index (χ0n) is 21.3. The molecular formula is C28H34FN5O4. The molecule has 0 aromatic heterocycles. The molecule has 10 heteroatoms. The number of carbonyl (C=O) groups is 3. The van der Waals surface area contributed by atoms with Crippen molar-refractivity contribution in [1.29, 1.82) is 0 Å². The number of halogens is 1. The zero-order chi connectivity index (χ0) is 26.5. The van der Waals surface area contributed by atoms with Crippen molar-refractivity contribution >= 4 is 17.9 Å². The van der Waals surface area contributed by atoms with Crippen molar-refractivity contribution in [3.8, 4) is 0 Å². The van der Waals surface area contributed by atoms with Gasteiger partial charge in [0.25, 0.3) is 5.91 Å². The highest BCUT2D eigenvalue weighted by Gasteiger charge is 2.40. The Balaban J connectivity index is 1.20. The molecule has 2 aromatic carbocycles. The molecule has 3 amide bonds. The maximum atomic E-state index is 14.8. The summed E-state index contributed by atoms with van der Waals surface area (Å²) in [5, 5.41) is 3.45. The summed E-state index contributed by atoms with van der Waals surface area (Å²) in [7, 11) is 0. The normalized spacial score (nSPS) is 23.7. The van der Waals surface area contributed by atoms with Crippen LogP contribution < -0.4 is 16.2 Å². The first-order valence-electron chi connectivity index (χ1n) is 13.3. The molecule has 38 heavy (non-hydrogen) atoms. The third-order valence-corrected chi connectivity index (χ3v) is 7.62. The molecule has 3 aliphatic heterocycles. The van der Waals surface area contributed by atoms with Crippen LogP contribution in [0.25, 0.3) is 0 Å². The fourth-order valence-electron chi connectivity index (χ4n) is 5.55. The van der Waals surface area contributed by atoms with E-state index in [-0.39, 0.29) is 42.0 Å². The second-order valence-electron chi connectivity index (χ2n) is 10.2. The van der Waals surface area contributed by atoms with E-state index in [2.05, 4.69) is 16.2 Å². The SMILES string of the molecule is O=C1NNC(Cc2ccc(F)c(C(=O)N3CCCN(C(=O)OCc4ccccc4)CC3)c2)C2NCCCC12. The molecule has 0 spiro atoms. The molecule has 2 aromatic rings. The molecule has 0 bridgehead atoms. The second kappa shape index (κ2) is 11.9. The highest BCUT2D eigenvalue weighted by molar-refractivity contribution is 5.94. The molecule has 3 heterocycles. The van der Waals surface area contributed by atoms with Gasteiger partial charge in [-0.3, -0.25) is 15.0 Å². The summed E-state index contributed by atoms with van der Waals surface area (Å²) in [5.74, 6) is -1.06. The second-order valence-corrected chi connectivity index (χ2v) is 10.2. The standard InChI is InChI=1S/C28H34FN5O4/c29-23-10-9-20(17-24-25-21(8-4-11-30-25)26(35)32-31-24)16-22(23)27(36)33-12-5-13-34(15-14-33)28(37)38-18-19-6-2-1-3-7-19/h1-3,6-7,9-10,16,21,24-25,30-31H,4-5,8,11-15,17-18H2,(H,32,35). The lowest BCUT2D eigenvalue weighted by Gasteiger charge is -2.41. The van der Waals surface area contributed by atoms with Gasteiger partial charge in [0.2, 0.25) is 5.91 Å². The van der Waals surface area contributed by atoms with E-state index in [1.165, 1.54) is 6.07 Å². The monoisotopic (exact) mass is 523 g/mol. The summed E-state index contributed by atoms with van der Waals surface area (Å²) >= 11 is 0. The first-order valence-corrected chi connectivity index (χ1v) is 13.3. The number of carbonyl (C=O) groups excluding carboxylic acids is 3. The smallest absolute Gasteiger partial charge is 0.410 e. The lowest BCUT2D eigenvalue weighted by atomic mass is 9.82. The third kappa shape index (κ3) is 5.97. The molecule has 3 aliphatic rings. The summed E-state index contributed by atoms with van der Waals surface area (Å²) in [6.07, 6.45) is 2.48. The van der Waals surface area contributed by atoms with Gasteiger partial charge in [0.15, 0.2) is 0 Å². The number of hydrazine groups is 1. The van der Waals surface area contributed by atoms with Gasteiger partial charge in [-0.1, -0.05) is 36.4 Å². The Hall–Kier alpha value is -3.50. The lowest BCUT2D eigenvalue weighted by Crippen LogP contribution is -2.67. The molecule has 3 saturated heterocycles. The van der Waals surface area contributed by atoms with Gasteiger partial charge in [-0.15, -0.1) is 0 Å². The minimum atomic E-state index is -0.569. The largest absolute Gasteiger partial charge is 0.445 e. The summed E-state index contributed by atoms with van der Waals surface area (Å²) in [6, 6.07) is 14.0. The van der Waals surface area contributed by atoms with Crippen LogP contribution in [0.4, 0.5) is 9.18 Å². The number of amides is 3. The van der Waals surface area contributed by atoms with E-state index in [1.807, 2.05) is 30.3 Å². The highest BCUT2D eigenvalue weighted by Crippen LogP contribution is 2.24. The summed E-state index contributed by atoms with van der Waals surface area (Å²) < 4.78 is 20.3. The van der Waals surface area contributed by atoms with Crippen molar-refractivity contribution in [2.75, 3.05) is 32.7 Å². The summed E-state index contributed by atoms with van der Waals surface area (Å²) in [4.78, 5) is 41.4. The van der Waals surface area contributed by atoms with E-state index < -0.39 is 11.9 Å². The number of piperidine rings is 1. The molecule has 3 N–H and O–H groups in total. The zero-order valence-corrected chi connectivity index (χ0v) is 21.3. The van der Waals surface area contributed by atoms with E-state index in [0.29, 0.717) is 39.0 Å². The van der Waals surface area contributed by atoms with Crippen LogP contribution in [0, 0.1) is 11.7 Å². The lowest BCUT2D eigenvalue weighted by molar-refractivity contribution is -0.131. The molecular weight excluding hydrogens is 489 g/mol. The Bertz CT molecular complexity index is 1160. The topological polar surface area (TPSA) is 103 Å². The van der Waals surface area contributed by atoms with Crippen LogP contribution in [0.2, 0.25) is 0 Å². The maximum absolute atomic E-state index is 14.8. The number of rotatable bonds is 5. The Morgan fingerprint density at radius 3 is 2.61 bits per heavy atom. The van der Waals surface area contributed by atoms with Crippen molar-refractivity contribution in [1.82, 2.24) is 26.0 Å². The third-order valence-electron chi connectivity index (χ3n) is 7.62. The molecule has 3 atom stereocenters. The number of ether oxygens (including phenoxy) is 1. The maximum Gasteiger partial charge on any atom is 0.410 e. The molecule has 5 rings (SSSR count). The van der Waals surface area contributed by atoms with Crippen molar-refractivity contribution in [2.45, 2.75) is 44.4 Å². The van der Waals surface area contributed by atoms with Gasteiger partial charge in [0.05, 0.1) is 11.5 Å². The van der Waals surface area contributed by atoms with Crippen molar-refractivity contribution < 1.29 is 23.5 Å². The molecule has 9 nitrogen and oxygen atoms in total. The van der Waals surface area contributed by atoms with Gasteiger partial charge in [-0.05, 0) is 55.5 Å². The van der Waals surface area contributed by atoms with Gasteiger partial charge in [-0.2, -0.15) is 0 Å². The molecule has 0 saturated carbocycles. The van der Waals surface area contributed by atoms with Crippen LogP contribution in [-0.2, 0) is 22.6 Å². The van der Waals surface area contributed by atoms with Crippen molar-refractivity contribution in [3.05, 3.63) is 71.0 Å². The quantitative estimate of drug-likeness (QED) is 0.556. The van der Waals surface area contributed by atoms with Crippen LogP contribution in [0.15, 0.2) is 48.5 Å². The average Bonchev–Trinajstić information content (AvgIpc) is 3.21. The van der Waals surface area contributed by atoms with Crippen LogP contribution in [0.5, 0.6) is 0 Å². The number of hydrogen-bond donors (Lipinski definition) is 3. The molecule has 0 aliphatic carbocycles. The van der Waals surface area contributed by atoms with Crippen molar-refractivity contribution in [2.24, 2.45) is 5.92 Å². The minimum Gasteiger partial charge on any atom is -0.445 e. The Morgan fingerprint density at radius 2 is 1.76 bits per heavy atom. The number of nitrogens with zero attached hydrogens (tertiary/aromatic N) is 2. The van der Waals surface area contributed by atoms with E-state index in [1.54, 1.807) is 21.9 Å². The Morgan fingerprint density at radius 1 is 0.974 bits per heavy atom. The predicted octanol–water partition coefficient (Wildman–Crippen LogP) is 2.22. The number of fused-ring (bicyclic) bond motifs is 1. The van der Waals surface area contributed by atoms with Gasteiger partial charge in [0.1, 0.15) is 12.4 Å². The summed E-state index contributed by atoms with van der Waals surface area (Å²) in [5.41, 5.74) is 7.60. The van der Waals surface area contributed by atoms with E-state index in [9.17, 15) is 18.8 Å². The Kier molecular flexibility index (Phi) is 8.19. The highest BCUT2D eigenvalue weighted by atomic mass is 19.1. The fourth-order valence-corrected chi connectivity index (χ4v) is 5.55. The first-order chi connectivity index (χ1) is 18.5. The van der Waals surface area contributed by atoms with Crippen LogP contribution in [0.3, 0.4) is 0 Å². The summed E-state index contributed by atoms with van der Waals surface area (Å²) in [6.45, 7) is 2.55. The van der Waals surface area contributed by atoms with Gasteiger partial charge in [-0.25, -0.2) is 14.6 Å². The van der Waals surface area contributed by atoms with E-state index in [0.717, 1.165) is 30.5 Å². The van der Waals surface area contributed by atoms with Gasteiger partial charge < -0.3 is 19.9 Å². The molecule has 202 valence electrons. The first kappa shape index (κ1) is 26.1. The molecule has 3 unspecified atom stereocenters. The van der Waals surface area contributed by atoms with E-state index >= 15 is 0 Å². The fraction of sp³-hybridized carbons (Fsp3) is 0.464. The number of nitrogens with one attached hydrogen (secondary N) is 3. The Labute approximate surface area is 221 Å². The number of hydrogen-bond acceptors (Lipinski definition) is 6. The average molecular weight is 524 g/mol. The van der Waals surface area contributed by atoms with Gasteiger partial charge in [0, 0.05) is 38.3 Å². The van der Waals surface area contributed by atoms with Crippen LogP contribution >= 0.6 is 0 Å². The van der Waals surface area contributed by atoms with Gasteiger partial charge >= 0.3 is 6.09 Å². The molecule has 3 fully saturated rings. The minimum absolute atomic E-state index is 0.00687. The van der Waals surface area contributed by atoms with Crippen LogP contribution in [0.1, 0.15) is 40.7 Å². The predicted molar refractivity (Wildman–Crippen MR) is 138 cm³/mol. The van der Waals surface area contributed by atoms with E-state index in [4.69, 9.17) is 4.74 Å².